The van der Waals surface area contributed by atoms with Crippen LogP contribution < -0.4 is 10.6 Å². The minimum atomic E-state index is -0.284. The van der Waals surface area contributed by atoms with E-state index in [9.17, 15) is 4.79 Å². The first kappa shape index (κ1) is 16.2. The van der Waals surface area contributed by atoms with E-state index in [1.165, 1.54) is 6.07 Å². The average Bonchev–Trinajstić information content (AvgIpc) is 2.97. The minimum Gasteiger partial charge on any atom is -0.373 e. The topological polar surface area (TPSA) is 84.7 Å². The maximum absolute atomic E-state index is 12.4. The Labute approximate surface area is 144 Å². The van der Waals surface area contributed by atoms with Crippen molar-refractivity contribution in [3.05, 3.63) is 41.3 Å². The lowest BCUT2D eigenvalue weighted by Gasteiger charge is -2.08. The maximum Gasteiger partial charge on any atom is 0.255 e. The summed E-state index contributed by atoms with van der Waals surface area (Å²) < 4.78 is 1.84. The third kappa shape index (κ3) is 3.16. The smallest absolute Gasteiger partial charge is 0.255 e. The second kappa shape index (κ2) is 6.45. The first-order chi connectivity index (χ1) is 11.5. The Kier molecular flexibility index (Phi) is 4.35. The molecule has 0 aromatic carbocycles. The molecular formula is C16H17ClN6O. The summed E-state index contributed by atoms with van der Waals surface area (Å²) in [6.45, 7) is 4.08. The van der Waals surface area contributed by atoms with Gasteiger partial charge in [0.15, 0.2) is 5.65 Å². The van der Waals surface area contributed by atoms with Gasteiger partial charge in [-0.1, -0.05) is 11.6 Å². The summed E-state index contributed by atoms with van der Waals surface area (Å²) in [6, 6.07) is 5.20. The monoisotopic (exact) mass is 344 g/mol. The molecule has 0 saturated heterocycles. The highest BCUT2D eigenvalue weighted by atomic mass is 35.5. The van der Waals surface area contributed by atoms with Crippen molar-refractivity contribution in [3.63, 3.8) is 0 Å². The number of hydrogen-bond donors (Lipinski definition) is 2. The molecule has 0 aliphatic rings. The quantitative estimate of drug-likeness (QED) is 0.709. The molecule has 8 heteroatoms. The van der Waals surface area contributed by atoms with E-state index in [0.29, 0.717) is 17.1 Å². The van der Waals surface area contributed by atoms with E-state index in [1.807, 2.05) is 24.6 Å². The molecule has 0 unspecified atom stereocenters. The van der Waals surface area contributed by atoms with Crippen LogP contribution in [-0.4, -0.2) is 32.7 Å². The Morgan fingerprint density at radius 3 is 2.75 bits per heavy atom. The second-order valence-corrected chi connectivity index (χ2v) is 5.97. The summed E-state index contributed by atoms with van der Waals surface area (Å²) in [7, 11) is 1.71. The van der Waals surface area contributed by atoms with Crippen LogP contribution in [0.2, 0.25) is 5.15 Å². The molecule has 3 rings (SSSR count). The first-order valence-corrected chi connectivity index (χ1v) is 7.85. The van der Waals surface area contributed by atoms with Crippen molar-refractivity contribution in [2.24, 2.45) is 0 Å². The van der Waals surface area contributed by atoms with E-state index in [0.717, 1.165) is 11.0 Å². The lowest BCUT2D eigenvalue weighted by atomic mass is 10.2. The molecule has 1 amide bonds. The van der Waals surface area contributed by atoms with Crippen LogP contribution in [-0.2, 0) is 0 Å². The standard InChI is InChI=1S/C16H17ClN6O/c1-9(2)23-15-11(7-20-23)4-12(8-19-15)21-16(24)10-5-13(17)22-14(6-10)18-3/h4-9H,1-3H3,(H,18,22)(H,21,24). The Hall–Kier alpha value is -2.67. The van der Waals surface area contributed by atoms with Gasteiger partial charge >= 0.3 is 0 Å². The van der Waals surface area contributed by atoms with Crippen LogP contribution in [0.4, 0.5) is 11.5 Å². The molecule has 0 aliphatic carbocycles. The van der Waals surface area contributed by atoms with Gasteiger partial charge in [0.2, 0.25) is 0 Å². The number of fused-ring (bicyclic) bond motifs is 1. The largest absolute Gasteiger partial charge is 0.373 e. The van der Waals surface area contributed by atoms with Crippen LogP contribution in [0.1, 0.15) is 30.2 Å². The Morgan fingerprint density at radius 2 is 2.04 bits per heavy atom. The summed E-state index contributed by atoms with van der Waals surface area (Å²) in [6.07, 6.45) is 3.35. The molecule has 24 heavy (non-hydrogen) atoms. The van der Waals surface area contributed by atoms with Crippen LogP contribution in [0.3, 0.4) is 0 Å². The van der Waals surface area contributed by atoms with Gasteiger partial charge in [0.25, 0.3) is 5.91 Å². The summed E-state index contributed by atoms with van der Waals surface area (Å²) in [5.74, 6) is 0.243. The van der Waals surface area contributed by atoms with Crippen molar-refractivity contribution >= 4 is 40.0 Å². The fourth-order valence-corrected chi connectivity index (χ4v) is 2.55. The highest BCUT2D eigenvalue weighted by molar-refractivity contribution is 6.30. The van der Waals surface area contributed by atoms with Crippen LogP contribution in [0.25, 0.3) is 11.0 Å². The van der Waals surface area contributed by atoms with E-state index in [2.05, 4.69) is 25.7 Å². The molecule has 0 aliphatic heterocycles. The van der Waals surface area contributed by atoms with Crippen molar-refractivity contribution < 1.29 is 4.79 Å². The number of nitrogens with zero attached hydrogens (tertiary/aromatic N) is 4. The summed E-state index contributed by atoms with van der Waals surface area (Å²) >= 11 is 5.93. The van der Waals surface area contributed by atoms with E-state index in [4.69, 9.17) is 11.6 Å². The van der Waals surface area contributed by atoms with Crippen molar-refractivity contribution in [2.45, 2.75) is 19.9 Å². The molecule has 3 aromatic heterocycles. The molecule has 0 spiro atoms. The van der Waals surface area contributed by atoms with Crippen molar-refractivity contribution in [1.82, 2.24) is 19.7 Å². The third-order valence-electron chi connectivity index (χ3n) is 3.49. The number of amides is 1. The van der Waals surface area contributed by atoms with Gasteiger partial charge in [-0.15, -0.1) is 0 Å². The van der Waals surface area contributed by atoms with E-state index < -0.39 is 0 Å². The molecule has 7 nitrogen and oxygen atoms in total. The highest BCUT2D eigenvalue weighted by Gasteiger charge is 2.12. The predicted octanol–water partition coefficient (Wildman–Crippen LogP) is 3.35. The van der Waals surface area contributed by atoms with Crippen molar-refractivity contribution in [3.8, 4) is 0 Å². The first-order valence-electron chi connectivity index (χ1n) is 7.48. The summed E-state index contributed by atoms with van der Waals surface area (Å²) in [4.78, 5) is 20.9. The molecule has 0 atom stereocenters. The fraction of sp³-hybridized carbons (Fsp3) is 0.250. The zero-order valence-electron chi connectivity index (χ0n) is 13.5. The molecule has 2 N–H and O–H groups in total. The van der Waals surface area contributed by atoms with E-state index in [-0.39, 0.29) is 17.1 Å². The molecule has 3 aromatic rings. The number of aromatic nitrogens is 4. The number of carbonyl (C=O) groups is 1. The maximum atomic E-state index is 12.4. The Balaban J connectivity index is 1.87. The van der Waals surface area contributed by atoms with E-state index in [1.54, 1.807) is 25.5 Å². The van der Waals surface area contributed by atoms with E-state index >= 15 is 0 Å². The van der Waals surface area contributed by atoms with Crippen LogP contribution in [0, 0.1) is 0 Å². The fourth-order valence-electron chi connectivity index (χ4n) is 2.35. The molecule has 0 saturated carbocycles. The number of rotatable bonds is 4. The molecule has 0 radical (unpaired) electrons. The molecule has 124 valence electrons. The van der Waals surface area contributed by atoms with Gasteiger partial charge in [-0.2, -0.15) is 5.10 Å². The Bertz CT molecular complexity index is 905. The zero-order valence-corrected chi connectivity index (χ0v) is 14.3. The number of pyridine rings is 2. The molecule has 3 heterocycles. The van der Waals surface area contributed by atoms with Crippen molar-refractivity contribution in [2.75, 3.05) is 17.7 Å². The zero-order chi connectivity index (χ0) is 17.3. The molecule has 0 bridgehead atoms. The van der Waals surface area contributed by atoms with Crippen LogP contribution in [0.15, 0.2) is 30.6 Å². The van der Waals surface area contributed by atoms with Crippen LogP contribution >= 0.6 is 11.6 Å². The number of carbonyl (C=O) groups excluding carboxylic acids is 1. The lowest BCUT2D eigenvalue weighted by molar-refractivity contribution is 0.102. The van der Waals surface area contributed by atoms with Gasteiger partial charge in [-0.3, -0.25) is 4.79 Å². The minimum absolute atomic E-state index is 0.217. The Morgan fingerprint density at radius 1 is 1.25 bits per heavy atom. The predicted molar refractivity (Wildman–Crippen MR) is 94.7 cm³/mol. The average molecular weight is 345 g/mol. The third-order valence-corrected chi connectivity index (χ3v) is 3.69. The lowest BCUT2D eigenvalue weighted by Crippen LogP contribution is -2.13. The van der Waals surface area contributed by atoms with Gasteiger partial charge < -0.3 is 10.6 Å². The number of halogens is 1. The summed E-state index contributed by atoms with van der Waals surface area (Å²) in [5.41, 5.74) is 1.79. The van der Waals surface area contributed by atoms with Crippen molar-refractivity contribution in [1.29, 1.82) is 0 Å². The highest BCUT2D eigenvalue weighted by Crippen LogP contribution is 2.20. The number of nitrogens with one attached hydrogen (secondary N) is 2. The normalized spacial score (nSPS) is 11.0. The van der Waals surface area contributed by atoms with Gasteiger partial charge in [-0.25, -0.2) is 14.6 Å². The van der Waals surface area contributed by atoms with Gasteiger partial charge in [0.1, 0.15) is 11.0 Å². The van der Waals surface area contributed by atoms with Gasteiger partial charge in [0, 0.05) is 24.0 Å². The summed E-state index contributed by atoms with van der Waals surface area (Å²) in [5, 5.41) is 11.1. The SMILES string of the molecule is CNc1cc(C(=O)Nc2cnc3c(cnn3C(C)C)c2)cc(Cl)n1. The van der Waals surface area contributed by atoms with Gasteiger partial charge in [-0.05, 0) is 32.0 Å². The molecular weight excluding hydrogens is 328 g/mol. The number of anilines is 2. The van der Waals surface area contributed by atoms with Crippen LogP contribution in [0.5, 0.6) is 0 Å². The van der Waals surface area contributed by atoms with Gasteiger partial charge in [0.05, 0.1) is 18.1 Å². The number of hydrogen-bond acceptors (Lipinski definition) is 5. The second-order valence-electron chi connectivity index (χ2n) is 5.59. The molecule has 0 fully saturated rings.